The molecular weight excluding hydrogens is 422 g/mol. The smallest absolute Gasteiger partial charge is 0.320 e. The zero-order valence-electron chi connectivity index (χ0n) is 17.0. The molecular formula is C22H26ClN3O3S. The van der Waals surface area contributed by atoms with Crippen LogP contribution in [0, 0.1) is 6.92 Å². The second-order valence-electron chi connectivity index (χ2n) is 7.98. The van der Waals surface area contributed by atoms with Gasteiger partial charge < -0.3 is 9.80 Å². The van der Waals surface area contributed by atoms with Crippen LogP contribution < -0.4 is 0 Å². The third-order valence-corrected chi connectivity index (χ3v) is 8.01. The van der Waals surface area contributed by atoms with Crippen LogP contribution in [0.4, 0.5) is 4.79 Å². The second kappa shape index (κ2) is 8.57. The van der Waals surface area contributed by atoms with Gasteiger partial charge in [-0.1, -0.05) is 47.5 Å². The van der Waals surface area contributed by atoms with Crippen molar-refractivity contribution in [1.82, 2.24) is 14.1 Å². The fraction of sp³-hybridized carbons (Fsp3) is 0.409. The summed E-state index contributed by atoms with van der Waals surface area (Å²) < 4.78 is 27.3. The number of halogens is 1. The minimum absolute atomic E-state index is 0.0488. The van der Waals surface area contributed by atoms with Gasteiger partial charge in [-0.05, 0) is 43.5 Å². The van der Waals surface area contributed by atoms with E-state index in [0.29, 0.717) is 50.6 Å². The molecule has 0 aliphatic carbocycles. The lowest BCUT2D eigenvalue weighted by Crippen LogP contribution is -2.47. The molecule has 0 bridgehead atoms. The van der Waals surface area contributed by atoms with Gasteiger partial charge in [0.25, 0.3) is 0 Å². The van der Waals surface area contributed by atoms with Crippen molar-refractivity contribution in [1.29, 1.82) is 0 Å². The van der Waals surface area contributed by atoms with Gasteiger partial charge in [-0.25, -0.2) is 13.2 Å². The molecule has 0 saturated carbocycles. The first-order chi connectivity index (χ1) is 14.3. The molecule has 2 fully saturated rings. The van der Waals surface area contributed by atoms with Crippen LogP contribution in [0.3, 0.4) is 0 Å². The highest BCUT2D eigenvalue weighted by molar-refractivity contribution is 7.89. The quantitative estimate of drug-likeness (QED) is 0.701. The summed E-state index contributed by atoms with van der Waals surface area (Å²) in [4.78, 5) is 16.9. The normalized spacial score (nSPS) is 18.9. The number of amides is 2. The van der Waals surface area contributed by atoms with E-state index in [1.165, 1.54) is 15.9 Å². The molecule has 2 aromatic rings. The van der Waals surface area contributed by atoms with Crippen LogP contribution in [-0.2, 0) is 16.6 Å². The number of rotatable bonds is 5. The van der Waals surface area contributed by atoms with Crippen molar-refractivity contribution in [2.45, 2.75) is 37.2 Å². The molecule has 6 nitrogen and oxygen atoms in total. The van der Waals surface area contributed by atoms with Crippen molar-refractivity contribution < 1.29 is 13.2 Å². The monoisotopic (exact) mass is 447 g/mol. The Morgan fingerprint density at radius 2 is 1.73 bits per heavy atom. The summed E-state index contributed by atoms with van der Waals surface area (Å²) in [5.74, 6) is 0. The number of aryl methyl sites for hydroxylation is 1. The highest BCUT2D eigenvalue weighted by Crippen LogP contribution is 2.27. The number of piperidine rings is 1. The third-order valence-electron chi connectivity index (χ3n) is 5.88. The van der Waals surface area contributed by atoms with Gasteiger partial charge in [0, 0.05) is 43.8 Å². The number of nitrogens with zero attached hydrogens (tertiary/aromatic N) is 3. The van der Waals surface area contributed by atoms with Crippen LogP contribution >= 0.6 is 11.6 Å². The van der Waals surface area contributed by atoms with E-state index in [1.54, 1.807) is 18.2 Å². The molecule has 4 rings (SSSR count). The summed E-state index contributed by atoms with van der Waals surface area (Å²) in [6.45, 7) is 4.86. The van der Waals surface area contributed by atoms with Gasteiger partial charge in [0.05, 0.1) is 4.90 Å². The first kappa shape index (κ1) is 21.2. The van der Waals surface area contributed by atoms with Gasteiger partial charge in [0.1, 0.15) is 0 Å². The van der Waals surface area contributed by atoms with Crippen molar-refractivity contribution in [3.8, 4) is 0 Å². The summed E-state index contributed by atoms with van der Waals surface area (Å²) in [5, 5.41) is 0.405. The maximum Gasteiger partial charge on any atom is 0.320 e. The SMILES string of the molecule is Cc1cccc(CN2CCN(C3CCN(S(=O)(=O)c4cccc(Cl)c4)CC3)C2=O)c1. The molecule has 2 amide bonds. The first-order valence-electron chi connectivity index (χ1n) is 10.2. The van der Waals surface area contributed by atoms with E-state index in [9.17, 15) is 13.2 Å². The molecule has 160 valence electrons. The standard InChI is InChI=1S/C22H26ClN3O3S/c1-17-4-2-5-18(14-17)16-24-12-13-26(22(24)27)20-8-10-25(11-9-20)30(28,29)21-7-3-6-19(23)15-21/h2-7,14-15,20H,8-13,16H2,1H3. The Hall–Kier alpha value is -2.09. The van der Waals surface area contributed by atoms with E-state index in [0.717, 1.165) is 5.56 Å². The average Bonchev–Trinajstić information content (AvgIpc) is 3.08. The topological polar surface area (TPSA) is 60.9 Å². The highest BCUT2D eigenvalue weighted by Gasteiger charge is 2.37. The molecule has 0 unspecified atom stereocenters. The molecule has 0 radical (unpaired) electrons. The second-order valence-corrected chi connectivity index (χ2v) is 10.4. The number of carbonyl (C=O) groups is 1. The number of benzene rings is 2. The van der Waals surface area contributed by atoms with Crippen LogP contribution in [0.15, 0.2) is 53.4 Å². The average molecular weight is 448 g/mol. The molecule has 2 heterocycles. The van der Waals surface area contributed by atoms with E-state index in [-0.39, 0.29) is 17.0 Å². The van der Waals surface area contributed by atoms with Crippen molar-refractivity contribution >= 4 is 27.7 Å². The molecule has 2 saturated heterocycles. The number of hydrogen-bond donors (Lipinski definition) is 0. The molecule has 0 spiro atoms. The Balaban J connectivity index is 1.37. The van der Waals surface area contributed by atoms with Crippen LogP contribution in [0.2, 0.25) is 5.02 Å². The van der Waals surface area contributed by atoms with Crippen molar-refractivity contribution in [3.05, 3.63) is 64.7 Å². The predicted molar refractivity (Wildman–Crippen MR) is 117 cm³/mol. The van der Waals surface area contributed by atoms with Crippen LogP contribution in [0.1, 0.15) is 24.0 Å². The van der Waals surface area contributed by atoms with Crippen molar-refractivity contribution in [2.75, 3.05) is 26.2 Å². The van der Waals surface area contributed by atoms with Gasteiger partial charge >= 0.3 is 6.03 Å². The molecule has 8 heteroatoms. The predicted octanol–water partition coefficient (Wildman–Crippen LogP) is 3.74. The van der Waals surface area contributed by atoms with Crippen LogP contribution in [-0.4, -0.2) is 60.8 Å². The Morgan fingerprint density at radius 3 is 2.43 bits per heavy atom. The summed E-state index contributed by atoms with van der Waals surface area (Å²) in [6, 6.07) is 14.7. The molecule has 2 aromatic carbocycles. The van der Waals surface area contributed by atoms with Crippen LogP contribution in [0.25, 0.3) is 0 Å². The lowest BCUT2D eigenvalue weighted by molar-refractivity contribution is 0.153. The van der Waals surface area contributed by atoms with Crippen molar-refractivity contribution in [3.63, 3.8) is 0 Å². The van der Waals surface area contributed by atoms with Gasteiger partial charge in [-0.3, -0.25) is 0 Å². The molecule has 2 aliphatic rings. The van der Waals surface area contributed by atoms with Gasteiger partial charge in [-0.2, -0.15) is 4.31 Å². The fourth-order valence-electron chi connectivity index (χ4n) is 4.29. The van der Waals surface area contributed by atoms with Gasteiger partial charge in [0.2, 0.25) is 10.0 Å². The minimum Gasteiger partial charge on any atom is -0.320 e. The molecule has 2 aliphatic heterocycles. The van der Waals surface area contributed by atoms with Crippen LogP contribution in [0.5, 0.6) is 0 Å². The summed E-state index contributed by atoms with van der Waals surface area (Å²) in [7, 11) is -3.57. The summed E-state index contributed by atoms with van der Waals surface area (Å²) in [6.07, 6.45) is 1.29. The van der Waals surface area contributed by atoms with E-state index in [1.807, 2.05) is 34.9 Å². The molecule has 0 N–H and O–H groups in total. The fourth-order valence-corrected chi connectivity index (χ4v) is 6.06. The lowest BCUT2D eigenvalue weighted by atomic mass is 10.1. The number of hydrogen-bond acceptors (Lipinski definition) is 3. The van der Waals surface area contributed by atoms with E-state index in [4.69, 9.17) is 11.6 Å². The number of carbonyl (C=O) groups excluding carboxylic acids is 1. The van der Waals surface area contributed by atoms with E-state index in [2.05, 4.69) is 6.07 Å². The molecule has 0 aromatic heterocycles. The zero-order chi connectivity index (χ0) is 21.3. The largest absolute Gasteiger partial charge is 0.320 e. The Labute approximate surface area is 183 Å². The Morgan fingerprint density at radius 1 is 1.00 bits per heavy atom. The first-order valence-corrected chi connectivity index (χ1v) is 12.0. The number of urea groups is 1. The summed E-state index contributed by atoms with van der Waals surface area (Å²) >= 11 is 5.96. The van der Waals surface area contributed by atoms with Gasteiger partial charge in [0.15, 0.2) is 0 Å². The van der Waals surface area contributed by atoms with Crippen molar-refractivity contribution in [2.24, 2.45) is 0 Å². The lowest BCUT2D eigenvalue weighted by Gasteiger charge is -2.35. The maximum absolute atomic E-state index is 12.9. The number of sulfonamides is 1. The minimum atomic E-state index is -3.57. The third kappa shape index (κ3) is 4.33. The Bertz CT molecular complexity index is 1040. The van der Waals surface area contributed by atoms with E-state index >= 15 is 0 Å². The summed E-state index contributed by atoms with van der Waals surface area (Å²) in [5.41, 5.74) is 2.32. The van der Waals surface area contributed by atoms with Gasteiger partial charge in [-0.15, -0.1) is 0 Å². The van der Waals surface area contributed by atoms with E-state index < -0.39 is 10.0 Å². The Kier molecular flexibility index (Phi) is 6.04. The highest BCUT2D eigenvalue weighted by atomic mass is 35.5. The molecule has 30 heavy (non-hydrogen) atoms. The zero-order valence-corrected chi connectivity index (χ0v) is 18.6. The molecule has 0 atom stereocenters. The maximum atomic E-state index is 12.9.